The maximum atomic E-state index is 14.6. The largest absolute Gasteiger partial charge is 0.497 e. The number of alkyl halides is 1. The number of hydrogen-bond acceptors (Lipinski definition) is 7. The Morgan fingerprint density at radius 2 is 2.03 bits per heavy atom. The van der Waals surface area contributed by atoms with Crippen molar-refractivity contribution in [2.24, 2.45) is 17.8 Å². The summed E-state index contributed by atoms with van der Waals surface area (Å²) < 4.78 is 9.87. The van der Waals surface area contributed by atoms with Crippen molar-refractivity contribution in [2.75, 3.05) is 31.8 Å². The molecule has 202 valence electrons. The average Bonchev–Trinajstić information content (AvgIpc) is 3.46. The standard InChI is InChI=1S/C27H35BrN2O6S/c1-6-12-29(16-8-10-17(35-5)11-9-16)25(33)23-27-13-18(28)22(37-27)20(26(34)36-7-2)21(27)24(32)30(23)19(14-31)15(3)4/h6,8-11,15,18-23,31H,1,7,12-14H2,2-5H3/t18?,19-,20-,21-,22-,23?,27?/m0/s1. The van der Waals surface area contributed by atoms with E-state index in [1.165, 1.54) is 0 Å². The van der Waals surface area contributed by atoms with Crippen molar-refractivity contribution in [3.63, 3.8) is 0 Å². The zero-order chi connectivity index (χ0) is 27.1. The van der Waals surface area contributed by atoms with Crippen LogP contribution in [0.2, 0.25) is 0 Å². The highest BCUT2D eigenvalue weighted by Crippen LogP contribution is 2.68. The van der Waals surface area contributed by atoms with Crippen LogP contribution in [0.15, 0.2) is 36.9 Å². The molecule has 10 heteroatoms. The number of thioether (sulfide) groups is 1. The summed E-state index contributed by atoms with van der Waals surface area (Å²) in [7, 11) is 1.58. The molecular weight excluding hydrogens is 560 g/mol. The minimum atomic E-state index is -0.860. The smallest absolute Gasteiger partial charge is 0.310 e. The molecule has 3 fully saturated rings. The van der Waals surface area contributed by atoms with Crippen molar-refractivity contribution in [1.29, 1.82) is 0 Å². The Morgan fingerprint density at radius 3 is 2.57 bits per heavy atom. The fourth-order valence-corrected chi connectivity index (χ4v) is 9.77. The van der Waals surface area contributed by atoms with E-state index in [4.69, 9.17) is 9.47 Å². The molecule has 2 amide bonds. The summed E-state index contributed by atoms with van der Waals surface area (Å²) in [6, 6.07) is 5.74. The number of carbonyl (C=O) groups is 3. The van der Waals surface area contributed by atoms with E-state index in [0.717, 1.165) is 0 Å². The fraction of sp³-hybridized carbons (Fsp3) is 0.593. The van der Waals surface area contributed by atoms with Crippen LogP contribution in [0, 0.1) is 17.8 Å². The number of benzene rings is 1. The molecule has 3 unspecified atom stereocenters. The predicted molar refractivity (Wildman–Crippen MR) is 147 cm³/mol. The van der Waals surface area contributed by atoms with Crippen LogP contribution in [0.3, 0.4) is 0 Å². The highest BCUT2D eigenvalue weighted by Gasteiger charge is 2.76. The lowest BCUT2D eigenvalue weighted by Gasteiger charge is -2.40. The van der Waals surface area contributed by atoms with Gasteiger partial charge in [-0.2, -0.15) is 0 Å². The zero-order valence-corrected chi connectivity index (χ0v) is 24.0. The summed E-state index contributed by atoms with van der Waals surface area (Å²) in [5.74, 6) is -1.70. The van der Waals surface area contributed by atoms with Gasteiger partial charge in [-0.05, 0) is 43.5 Å². The third-order valence-corrected chi connectivity index (χ3v) is 11.0. The van der Waals surface area contributed by atoms with Gasteiger partial charge in [-0.1, -0.05) is 35.9 Å². The maximum absolute atomic E-state index is 14.6. The molecule has 3 heterocycles. The molecule has 2 bridgehead atoms. The van der Waals surface area contributed by atoms with E-state index < -0.39 is 34.6 Å². The van der Waals surface area contributed by atoms with E-state index in [1.807, 2.05) is 13.8 Å². The highest BCUT2D eigenvalue weighted by molar-refractivity contribution is 9.09. The number of fused-ring (bicyclic) bond motifs is 1. The van der Waals surface area contributed by atoms with Crippen LogP contribution in [-0.4, -0.2) is 81.6 Å². The molecule has 7 atom stereocenters. The van der Waals surface area contributed by atoms with Gasteiger partial charge in [-0.15, -0.1) is 18.3 Å². The number of likely N-dealkylation sites (tertiary alicyclic amines) is 1. The number of aliphatic hydroxyl groups is 1. The number of rotatable bonds is 10. The summed E-state index contributed by atoms with van der Waals surface area (Å²) in [5.41, 5.74) is 0.651. The van der Waals surface area contributed by atoms with Crippen LogP contribution in [0.25, 0.3) is 0 Å². The van der Waals surface area contributed by atoms with Crippen LogP contribution in [0.1, 0.15) is 27.2 Å². The molecule has 37 heavy (non-hydrogen) atoms. The Bertz CT molecular complexity index is 1050. The molecule has 1 N–H and O–H groups in total. The van der Waals surface area contributed by atoms with Gasteiger partial charge in [0.1, 0.15) is 11.8 Å². The number of halogens is 1. The molecule has 3 aliphatic heterocycles. The van der Waals surface area contributed by atoms with Gasteiger partial charge in [0.05, 0.1) is 42.9 Å². The van der Waals surface area contributed by atoms with Gasteiger partial charge in [0.25, 0.3) is 5.91 Å². The summed E-state index contributed by atoms with van der Waals surface area (Å²) in [4.78, 5) is 45.0. The van der Waals surface area contributed by atoms with Crippen LogP contribution in [0.4, 0.5) is 5.69 Å². The van der Waals surface area contributed by atoms with Gasteiger partial charge in [-0.25, -0.2) is 0 Å². The van der Waals surface area contributed by atoms with E-state index in [9.17, 15) is 19.5 Å². The Morgan fingerprint density at radius 1 is 1.35 bits per heavy atom. The van der Waals surface area contributed by atoms with Gasteiger partial charge in [0.2, 0.25) is 5.91 Å². The van der Waals surface area contributed by atoms with Gasteiger partial charge in [0.15, 0.2) is 0 Å². The van der Waals surface area contributed by atoms with E-state index >= 15 is 0 Å². The van der Waals surface area contributed by atoms with E-state index in [0.29, 0.717) is 17.9 Å². The molecule has 1 spiro atoms. The summed E-state index contributed by atoms with van der Waals surface area (Å²) in [5, 5.41) is 10.2. The predicted octanol–water partition coefficient (Wildman–Crippen LogP) is 3.26. The minimum Gasteiger partial charge on any atom is -0.497 e. The van der Waals surface area contributed by atoms with Crippen LogP contribution < -0.4 is 9.64 Å². The number of nitrogens with zero attached hydrogens (tertiary/aromatic N) is 2. The van der Waals surface area contributed by atoms with Crippen molar-refractivity contribution in [3.05, 3.63) is 36.9 Å². The Kier molecular flexibility index (Phi) is 8.30. The normalized spacial score (nSPS) is 30.8. The van der Waals surface area contributed by atoms with Crippen molar-refractivity contribution >= 4 is 51.2 Å². The average molecular weight is 596 g/mol. The SMILES string of the molecule is C=CCN(C(=O)C1N([C@@H](CO)C(C)C)C(=O)[C@@H]2[C@H](C(=O)OCC)[C@H]3SC12CC3Br)c1ccc(OC)cc1. The summed E-state index contributed by atoms with van der Waals surface area (Å²) in [6.07, 6.45) is 2.21. The second-order valence-corrected chi connectivity index (χ2v) is 12.8. The first-order valence-electron chi connectivity index (χ1n) is 12.6. The van der Waals surface area contributed by atoms with Crippen LogP contribution in [-0.2, 0) is 19.1 Å². The number of esters is 1. The van der Waals surface area contributed by atoms with Crippen molar-refractivity contribution in [2.45, 2.75) is 54.1 Å². The topological polar surface area (TPSA) is 96.4 Å². The Hall–Kier alpha value is -2.04. The molecule has 4 rings (SSSR count). The number of anilines is 1. The van der Waals surface area contributed by atoms with E-state index in [-0.39, 0.29) is 47.6 Å². The fourth-order valence-electron chi connectivity index (χ4n) is 6.19. The van der Waals surface area contributed by atoms with Crippen molar-refractivity contribution in [1.82, 2.24) is 4.90 Å². The summed E-state index contributed by atoms with van der Waals surface area (Å²) >= 11 is 5.31. The molecule has 0 radical (unpaired) electrons. The van der Waals surface area contributed by atoms with Gasteiger partial charge in [-0.3, -0.25) is 14.4 Å². The van der Waals surface area contributed by atoms with Crippen molar-refractivity contribution in [3.8, 4) is 5.75 Å². The number of methoxy groups -OCH3 is 1. The van der Waals surface area contributed by atoms with Gasteiger partial charge in [0, 0.05) is 22.3 Å². The lowest BCUT2D eigenvalue weighted by atomic mass is 9.71. The Labute approximate surface area is 230 Å². The molecule has 1 aromatic rings. The lowest BCUT2D eigenvalue weighted by Crippen LogP contribution is -2.59. The molecule has 3 aliphatic rings. The van der Waals surface area contributed by atoms with Gasteiger partial charge >= 0.3 is 5.97 Å². The number of ether oxygens (including phenoxy) is 2. The number of hydrogen-bond donors (Lipinski definition) is 1. The molecular formula is C27H35BrN2O6S. The van der Waals surface area contributed by atoms with Crippen LogP contribution in [0.5, 0.6) is 5.75 Å². The molecule has 0 aromatic heterocycles. The van der Waals surface area contributed by atoms with E-state index in [1.54, 1.807) is 65.9 Å². The zero-order valence-electron chi connectivity index (χ0n) is 21.6. The highest BCUT2D eigenvalue weighted by atomic mass is 79.9. The van der Waals surface area contributed by atoms with Gasteiger partial charge < -0.3 is 24.4 Å². The number of carbonyl (C=O) groups excluding carboxylic acids is 3. The van der Waals surface area contributed by atoms with Crippen molar-refractivity contribution < 1.29 is 29.0 Å². The first kappa shape index (κ1) is 28.0. The lowest BCUT2D eigenvalue weighted by molar-refractivity contribution is -0.154. The molecule has 1 aromatic carbocycles. The monoisotopic (exact) mass is 594 g/mol. The van der Waals surface area contributed by atoms with Crippen LogP contribution >= 0.6 is 27.7 Å². The second kappa shape index (κ2) is 11.0. The summed E-state index contributed by atoms with van der Waals surface area (Å²) in [6.45, 7) is 9.62. The second-order valence-electron chi connectivity index (χ2n) is 10.1. The molecule has 3 saturated heterocycles. The first-order chi connectivity index (χ1) is 17.7. The third-order valence-electron chi connectivity index (χ3n) is 7.80. The minimum absolute atomic E-state index is 0.0494. The molecule has 8 nitrogen and oxygen atoms in total. The quantitative estimate of drug-likeness (QED) is 0.252. The third kappa shape index (κ3) is 4.48. The number of amides is 2. The molecule has 0 aliphatic carbocycles. The Balaban J connectivity index is 1.84. The van der Waals surface area contributed by atoms with E-state index in [2.05, 4.69) is 22.5 Å². The first-order valence-corrected chi connectivity index (χ1v) is 14.4. The number of aliphatic hydroxyl groups excluding tert-OH is 1. The molecule has 0 saturated carbocycles. The maximum Gasteiger partial charge on any atom is 0.310 e.